The van der Waals surface area contributed by atoms with E-state index < -0.39 is 6.10 Å². The normalized spacial score (nSPS) is 13.1. The number of rotatable bonds is 56. The summed E-state index contributed by atoms with van der Waals surface area (Å²) >= 11 is 0. The second kappa shape index (κ2) is 63.6. The zero-order chi connectivity index (χ0) is 53.4. The van der Waals surface area contributed by atoms with Gasteiger partial charge in [-0.2, -0.15) is 0 Å². The molecule has 422 valence electrons. The minimum Gasteiger partial charge on any atom is -0.462 e. The first kappa shape index (κ1) is 70.3. The largest absolute Gasteiger partial charge is 0.462 e. The number of esters is 2. The lowest BCUT2D eigenvalue weighted by molar-refractivity contribution is -0.163. The van der Waals surface area contributed by atoms with Crippen molar-refractivity contribution in [2.45, 2.75) is 284 Å². The van der Waals surface area contributed by atoms with E-state index in [4.69, 9.17) is 14.2 Å². The molecule has 0 aliphatic carbocycles. The maximum atomic E-state index is 12.9. The molecule has 0 amide bonds. The molecule has 0 spiro atoms. The molecule has 0 rings (SSSR count). The van der Waals surface area contributed by atoms with Crippen molar-refractivity contribution in [2.75, 3.05) is 19.8 Å². The van der Waals surface area contributed by atoms with E-state index in [1.807, 2.05) is 0 Å². The number of allylic oxidation sites excluding steroid dienone is 20. The quantitative estimate of drug-likeness (QED) is 0.0345. The van der Waals surface area contributed by atoms with Gasteiger partial charge in [0, 0.05) is 19.4 Å². The van der Waals surface area contributed by atoms with Crippen molar-refractivity contribution in [3.63, 3.8) is 0 Å². The van der Waals surface area contributed by atoms with Gasteiger partial charge >= 0.3 is 11.9 Å². The van der Waals surface area contributed by atoms with Gasteiger partial charge in [0.25, 0.3) is 0 Å². The maximum absolute atomic E-state index is 12.9. The number of ether oxygens (including phenoxy) is 3. The van der Waals surface area contributed by atoms with E-state index >= 15 is 0 Å². The number of carbonyl (C=O) groups is 2. The van der Waals surface area contributed by atoms with E-state index in [1.54, 1.807) is 0 Å². The first-order chi connectivity index (χ1) is 36.6. The molecule has 74 heavy (non-hydrogen) atoms. The molecule has 0 N–H and O–H groups in total. The molecule has 5 heteroatoms. The average Bonchev–Trinajstić information content (AvgIpc) is 3.40. The molecule has 0 aromatic carbocycles. The Morgan fingerprint density at radius 1 is 0.311 bits per heavy atom. The summed E-state index contributed by atoms with van der Waals surface area (Å²) in [6.45, 7) is 7.62. The Bertz CT molecular complexity index is 1490. The third-order valence-electron chi connectivity index (χ3n) is 13.0. The van der Waals surface area contributed by atoms with Crippen LogP contribution in [0.25, 0.3) is 0 Å². The summed E-state index contributed by atoms with van der Waals surface area (Å²) in [7, 11) is 0. The van der Waals surface area contributed by atoms with Crippen LogP contribution < -0.4 is 0 Å². The second-order valence-corrected chi connectivity index (χ2v) is 20.2. The number of hydrogen-bond acceptors (Lipinski definition) is 5. The highest BCUT2D eigenvalue weighted by Crippen LogP contribution is 2.14. The van der Waals surface area contributed by atoms with Gasteiger partial charge in [-0.3, -0.25) is 9.59 Å². The molecular formula is C69H116O5. The van der Waals surface area contributed by atoms with Crippen LogP contribution in [0, 0.1) is 0 Å². The number of carbonyl (C=O) groups excluding carboxylic acids is 2. The summed E-state index contributed by atoms with van der Waals surface area (Å²) < 4.78 is 17.5. The first-order valence-corrected chi connectivity index (χ1v) is 31.1. The van der Waals surface area contributed by atoms with Crippen molar-refractivity contribution in [1.82, 2.24) is 0 Å². The molecule has 0 fully saturated rings. The predicted molar refractivity (Wildman–Crippen MR) is 325 cm³/mol. The van der Waals surface area contributed by atoms with Crippen LogP contribution in [0.1, 0.15) is 278 Å². The van der Waals surface area contributed by atoms with Gasteiger partial charge in [0.2, 0.25) is 0 Å². The van der Waals surface area contributed by atoms with E-state index in [0.29, 0.717) is 19.4 Å². The van der Waals surface area contributed by atoms with Crippen LogP contribution in [-0.4, -0.2) is 37.9 Å². The van der Waals surface area contributed by atoms with Gasteiger partial charge in [-0.25, -0.2) is 0 Å². The van der Waals surface area contributed by atoms with Crippen LogP contribution in [0.4, 0.5) is 0 Å². The molecule has 0 saturated heterocycles. The zero-order valence-electron chi connectivity index (χ0n) is 48.6. The highest BCUT2D eigenvalue weighted by atomic mass is 16.6. The topological polar surface area (TPSA) is 61.8 Å². The minimum absolute atomic E-state index is 0.0614. The van der Waals surface area contributed by atoms with Crippen LogP contribution in [0.3, 0.4) is 0 Å². The van der Waals surface area contributed by atoms with Crippen molar-refractivity contribution < 1.29 is 23.8 Å². The van der Waals surface area contributed by atoms with E-state index in [1.165, 1.54) is 128 Å². The van der Waals surface area contributed by atoms with Crippen molar-refractivity contribution in [1.29, 1.82) is 0 Å². The number of hydrogen-bond donors (Lipinski definition) is 0. The highest BCUT2D eigenvalue weighted by Gasteiger charge is 2.17. The monoisotopic (exact) mass is 1020 g/mol. The van der Waals surface area contributed by atoms with E-state index in [2.05, 4.69) is 142 Å². The lowest BCUT2D eigenvalue weighted by Gasteiger charge is -2.18. The molecule has 0 aromatic rings. The Morgan fingerprint density at radius 3 is 0.973 bits per heavy atom. The summed E-state index contributed by atoms with van der Waals surface area (Å²) in [5.74, 6) is -0.433. The molecule has 1 unspecified atom stereocenters. The molecule has 0 saturated carbocycles. The minimum atomic E-state index is -0.565. The van der Waals surface area contributed by atoms with Crippen LogP contribution in [0.5, 0.6) is 0 Å². The maximum Gasteiger partial charge on any atom is 0.306 e. The molecular weight excluding hydrogens is 909 g/mol. The molecule has 0 heterocycles. The van der Waals surface area contributed by atoms with Gasteiger partial charge in [-0.05, 0) is 135 Å². The molecule has 0 aliphatic heterocycles. The second-order valence-electron chi connectivity index (χ2n) is 20.2. The fourth-order valence-corrected chi connectivity index (χ4v) is 8.34. The Labute approximate surface area is 458 Å². The smallest absolute Gasteiger partial charge is 0.306 e. The Hall–Kier alpha value is -3.70. The van der Waals surface area contributed by atoms with Crippen molar-refractivity contribution >= 4 is 11.9 Å². The van der Waals surface area contributed by atoms with Crippen LogP contribution >= 0.6 is 0 Å². The van der Waals surface area contributed by atoms with E-state index in [9.17, 15) is 9.59 Å². The fraction of sp³-hybridized carbons (Fsp3) is 0.681. The van der Waals surface area contributed by atoms with Crippen molar-refractivity contribution in [2.24, 2.45) is 0 Å². The molecule has 0 radical (unpaired) electrons. The Kier molecular flexibility index (Phi) is 60.4. The Balaban J connectivity index is 4.39. The highest BCUT2D eigenvalue weighted by molar-refractivity contribution is 5.70. The summed E-state index contributed by atoms with van der Waals surface area (Å²) in [4.78, 5) is 25.6. The van der Waals surface area contributed by atoms with Crippen molar-refractivity contribution in [3.05, 3.63) is 122 Å². The van der Waals surface area contributed by atoms with Gasteiger partial charge < -0.3 is 14.2 Å². The van der Waals surface area contributed by atoms with E-state index in [0.717, 1.165) is 116 Å². The average molecular weight is 1030 g/mol. The van der Waals surface area contributed by atoms with Crippen molar-refractivity contribution in [3.8, 4) is 0 Å². The zero-order valence-corrected chi connectivity index (χ0v) is 48.6. The molecule has 0 aromatic heterocycles. The van der Waals surface area contributed by atoms with Gasteiger partial charge in [-0.15, -0.1) is 0 Å². The number of unbranched alkanes of at least 4 members (excludes halogenated alkanes) is 25. The third-order valence-corrected chi connectivity index (χ3v) is 13.0. The SMILES string of the molecule is CC/C=C\C/C=C\C/C=C\C/C=C\CCCCCCCCC(=O)OCC(COCCCCCCCCC/C=C\C/C=C\C/C=C\CCCCC)OC(=O)CCCCCCCC/C=C\C/C=C\C/C=C\CCCCC. The van der Waals surface area contributed by atoms with Crippen LogP contribution in [0.15, 0.2) is 122 Å². The summed E-state index contributed by atoms with van der Waals surface area (Å²) in [5, 5.41) is 0. The van der Waals surface area contributed by atoms with E-state index in [-0.39, 0.29) is 25.2 Å². The predicted octanol–water partition coefficient (Wildman–Crippen LogP) is 21.7. The van der Waals surface area contributed by atoms with Crippen LogP contribution in [-0.2, 0) is 23.8 Å². The van der Waals surface area contributed by atoms with Gasteiger partial charge in [0.15, 0.2) is 6.10 Å². The molecule has 0 aliphatic rings. The van der Waals surface area contributed by atoms with Crippen LogP contribution in [0.2, 0.25) is 0 Å². The van der Waals surface area contributed by atoms with Gasteiger partial charge in [0.05, 0.1) is 6.61 Å². The summed E-state index contributed by atoms with van der Waals surface area (Å²) in [6.07, 6.45) is 89.3. The third kappa shape index (κ3) is 60.9. The summed E-state index contributed by atoms with van der Waals surface area (Å²) in [5.41, 5.74) is 0. The van der Waals surface area contributed by atoms with Gasteiger partial charge in [-0.1, -0.05) is 251 Å². The fourth-order valence-electron chi connectivity index (χ4n) is 8.34. The molecule has 0 bridgehead atoms. The standard InChI is InChI=1S/C69H116O5/c1-4-7-10-13-16-19-22-25-28-31-34-37-40-43-46-49-52-55-58-61-64-72-65-67(74-69(71)63-60-57-54-51-48-45-42-39-36-33-30-27-24-21-18-15-12-9-6-3)66-73-68(70)62-59-56-53-50-47-44-41-38-35-32-29-26-23-20-17-14-11-8-5-2/h8,11,16-21,25-30,34-39,67H,4-7,9-10,12-15,22-24,31-33,40-66H2,1-3H3/b11-8-,19-16-,20-17-,21-18-,28-25-,29-26-,30-27-,37-34-,38-35-,39-36-. The first-order valence-electron chi connectivity index (χ1n) is 31.1. The molecule has 5 nitrogen and oxygen atoms in total. The molecule has 1 atom stereocenters. The Morgan fingerprint density at radius 2 is 0.608 bits per heavy atom. The summed E-state index contributed by atoms with van der Waals surface area (Å²) in [6, 6.07) is 0. The lowest BCUT2D eigenvalue weighted by atomic mass is 10.1. The lowest BCUT2D eigenvalue weighted by Crippen LogP contribution is -2.30. The van der Waals surface area contributed by atoms with Gasteiger partial charge in [0.1, 0.15) is 6.61 Å².